The second-order valence-electron chi connectivity index (χ2n) is 4.48. The Kier molecular flexibility index (Phi) is 5.02. The number of hydrogen-bond donors (Lipinski definition) is 0. The van der Waals surface area contributed by atoms with E-state index in [2.05, 4.69) is 0 Å². The van der Waals surface area contributed by atoms with Crippen molar-refractivity contribution in [2.75, 3.05) is 18.5 Å². The molecule has 0 N–H and O–H groups in total. The molecule has 0 radical (unpaired) electrons. The van der Waals surface area contributed by atoms with Crippen LogP contribution in [0.2, 0.25) is 5.02 Å². The van der Waals surface area contributed by atoms with Crippen LogP contribution in [-0.4, -0.2) is 19.6 Å². The van der Waals surface area contributed by atoms with Gasteiger partial charge in [0.25, 0.3) is 0 Å². The molecule has 0 aliphatic carbocycles. The lowest BCUT2D eigenvalue weighted by molar-refractivity contribution is -0.143. The van der Waals surface area contributed by atoms with E-state index >= 15 is 0 Å². The van der Waals surface area contributed by atoms with Crippen LogP contribution in [0.3, 0.4) is 0 Å². The quantitative estimate of drug-likeness (QED) is 0.789. The van der Waals surface area contributed by atoms with Gasteiger partial charge in [-0.25, -0.2) is 0 Å². The fourth-order valence-corrected chi connectivity index (χ4v) is 1.88. The lowest BCUT2D eigenvalue weighted by atomic mass is 10.2. The number of hydrogen-bond acceptors (Lipinski definition) is 3. The smallest absolute Gasteiger partial charge is 0.325 e. The number of esters is 1. The first kappa shape index (κ1) is 14.4. The Hall–Kier alpha value is -2.00. The van der Waals surface area contributed by atoms with Gasteiger partial charge in [0.1, 0.15) is 13.2 Å². The Morgan fingerprint density at radius 3 is 2.40 bits per heavy atom. The molecule has 2 rings (SSSR count). The monoisotopic (exact) mass is 289 g/mol. The maximum Gasteiger partial charge on any atom is 0.325 e. The summed E-state index contributed by atoms with van der Waals surface area (Å²) in [5.74, 6) is -0.258. The van der Waals surface area contributed by atoms with Crippen LogP contribution in [0, 0.1) is 0 Å². The Bertz CT molecular complexity index is 554. The molecule has 20 heavy (non-hydrogen) atoms. The maximum atomic E-state index is 11.8. The molecule has 0 aromatic heterocycles. The van der Waals surface area contributed by atoms with E-state index in [4.69, 9.17) is 16.3 Å². The van der Waals surface area contributed by atoms with E-state index < -0.39 is 0 Å². The standard InChI is InChI=1S/C16H16ClNO2/c1-18(15-5-3-2-4-6-15)11-16(19)20-12-13-7-9-14(17)10-8-13/h2-10H,11-12H2,1H3. The van der Waals surface area contributed by atoms with Crippen molar-refractivity contribution in [2.45, 2.75) is 6.61 Å². The van der Waals surface area contributed by atoms with Crippen molar-refractivity contribution in [1.29, 1.82) is 0 Å². The van der Waals surface area contributed by atoms with Crippen LogP contribution < -0.4 is 4.90 Å². The second-order valence-corrected chi connectivity index (χ2v) is 4.92. The Morgan fingerprint density at radius 2 is 1.75 bits per heavy atom. The third-order valence-corrected chi connectivity index (χ3v) is 3.13. The summed E-state index contributed by atoms with van der Waals surface area (Å²) in [6.45, 7) is 0.482. The van der Waals surface area contributed by atoms with Gasteiger partial charge in [-0.15, -0.1) is 0 Å². The van der Waals surface area contributed by atoms with Crippen molar-refractivity contribution in [3.63, 3.8) is 0 Å². The first-order valence-corrected chi connectivity index (χ1v) is 6.69. The van der Waals surface area contributed by atoms with Gasteiger partial charge in [0.15, 0.2) is 0 Å². The molecule has 0 aliphatic rings. The summed E-state index contributed by atoms with van der Waals surface area (Å²) in [6, 6.07) is 17.0. The number of nitrogens with zero attached hydrogens (tertiary/aromatic N) is 1. The predicted molar refractivity (Wildman–Crippen MR) is 81.0 cm³/mol. The van der Waals surface area contributed by atoms with E-state index in [1.165, 1.54) is 0 Å². The molecular weight excluding hydrogens is 274 g/mol. The number of benzene rings is 2. The number of halogens is 1. The largest absolute Gasteiger partial charge is 0.459 e. The van der Waals surface area contributed by atoms with E-state index in [1.54, 1.807) is 12.1 Å². The molecule has 0 saturated heterocycles. The summed E-state index contributed by atoms with van der Waals surface area (Å²) in [5, 5.41) is 0.670. The molecule has 0 unspecified atom stereocenters. The van der Waals surface area contributed by atoms with Crippen LogP contribution in [0.4, 0.5) is 5.69 Å². The van der Waals surface area contributed by atoms with Gasteiger partial charge in [-0.05, 0) is 29.8 Å². The molecule has 0 bridgehead atoms. The molecular formula is C16H16ClNO2. The Morgan fingerprint density at radius 1 is 1.10 bits per heavy atom. The van der Waals surface area contributed by atoms with Crippen molar-refractivity contribution in [3.05, 3.63) is 65.2 Å². The summed E-state index contributed by atoms with van der Waals surface area (Å²) >= 11 is 5.80. The molecule has 0 aliphatic heterocycles. The average Bonchev–Trinajstić information content (AvgIpc) is 2.47. The number of carbonyl (C=O) groups excluding carboxylic acids is 1. The Balaban J connectivity index is 1.82. The van der Waals surface area contributed by atoms with E-state index in [0.717, 1.165) is 11.3 Å². The highest BCUT2D eigenvalue weighted by Gasteiger charge is 2.08. The summed E-state index contributed by atoms with van der Waals surface area (Å²) in [4.78, 5) is 13.6. The molecule has 2 aromatic rings. The zero-order valence-electron chi connectivity index (χ0n) is 11.3. The van der Waals surface area contributed by atoms with Crippen molar-refractivity contribution in [2.24, 2.45) is 0 Å². The van der Waals surface area contributed by atoms with E-state index in [1.807, 2.05) is 54.4 Å². The third kappa shape index (κ3) is 4.28. The number of anilines is 1. The van der Waals surface area contributed by atoms with Gasteiger partial charge in [-0.3, -0.25) is 4.79 Å². The fourth-order valence-electron chi connectivity index (χ4n) is 1.76. The van der Waals surface area contributed by atoms with Crippen molar-refractivity contribution in [3.8, 4) is 0 Å². The lowest BCUT2D eigenvalue weighted by Gasteiger charge is -2.18. The number of rotatable bonds is 5. The Labute approximate surface area is 123 Å². The summed E-state index contributed by atoms with van der Waals surface area (Å²) in [6.07, 6.45) is 0. The summed E-state index contributed by atoms with van der Waals surface area (Å²) in [7, 11) is 1.86. The number of ether oxygens (including phenoxy) is 1. The SMILES string of the molecule is CN(CC(=O)OCc1ccc(Cl)cc1)c1ccccc1. The average molecular weight is 290 g/mol. The normalized spacial score (nSPS) is 10.1. The highest BCUT2D eigenvalue weighted by molar-refractivity contribution is 6.30. The van der Waals surface area contributed by atoms with Crippen LogP contribution in [0.15, 0.2) is 54.6 Å². The van der Waals surface area contributed by atoms with Gasteiger partial charge in [0, 0.05) is 17.8 Å². The van der Waals surface area contributed by atoms with Crippen molar-refractivity contribution < 1.29 is 9.53 Å². The molecule has 0 heterocycles. The molecule has 0 fully saturated rings. The summed E-state index contributed by atoms with van der Waals surface area (Å²) in [5.41, 5.74) is 1.90. The topological polar surface area (TPSA) is 29.5 Å². The molecule has 104 valence electrons. The predicted octanol–water partition coefficient (Wildman–Crippen LogP) is 3.52. The van der Waals surface area contributed by atoms with Crippen LogP contribution >= 0.6 is 11.6 Å². The van der Waals surface area contributed by atoms with Gasteiger partial charge >= 0.3 is 5.97 Å². The molecule has 0 saturated carbocycles. The first-order valence-electron chi connectivity index (χ1n) is 6.31. The number of para-hydroxylation sites is 1. The molecule has 3 nitrogen and oxygen atoms in total. The number of carbonyl (C=O) groups is 1. The van der Waals surface area contributed by atoms with Gasteiger partial charge < -0.3 is 9.64 Å². The van der Waals surface area contributed by atoms with Gasteiger partial charge in [0.2, 0.25) is 0 Å². The minimum Gasteiger partial charge on any atom is -0.459 e. The van der Waals surface area contributed by atoms with Crippen LogP contribution in [-0.2, 0) is 16.1 Å². The third-order valence-electron chi connectivity index (χ3n) is 2.88. The molecule has 4 heteroatoms. The van der Waals surface area contributed by atoms with Crippen LogP contribution in [0.5, 0.6) is 0 Å². The van der Waals surface area contributed by atoms with E-state index in [0.29, 0.717) is 5.02 Å². The fraction of sp³-hybridized carbons (Fsp3) is 0.188. The lowest BCUT2D eigenvalue weighted by Crippen LogP contribution is -2.26. The van der Waals surface area contributed by atoms with E-state index in [9.17, 15) is 4.79 Å². The minimum atomic E-state index is -0.258. The van der Waals surface area contributed by atoms with Crippen molar-refractivity contribution >= 4 is 23.3 Å². The second kappa shape index (κ2) is 6.96. The van der Waals surface area contributed by atoms with Crippen LogP contribution in [0.25, 0.3) is 0 Å². The van der Waals surface area contributed by atoms with E-state index in [-0.39, 0.29) is 19.1 Å². The zero-order valence-corrected chi connectivity index (χ0v) is 12.0. The van der Waals surface area contributed by atoms with Crippen LogP contribution in [0.1, 0.15) is 5.56 Å². The maximum absolute atomic E-state index is 11.8. The first-order chi connectivity index (χ1) is 9.65. The minimum absolute atomic E-state index is 0.220. The molecule has 0 spiro atoms. The van der Waals surface area contributed by atoms with Crippen molar-refractivity contribution in [1.82, 2.24) is 0 Å². The highest BCUT2D eigenvalue weighted by atomic mass is 35.5. The number of likely N-dealkylation sites (N-methyl/N-ethyl adjacent to an activating group) is 1. The summed E-state index contributed by atoms with van der Waals surface area (Å²) < 4.78 is 5.24. The van der Waals surface area contributed by atoms with Gasteiger partial charge in [-0.2, -0.15) is 0 Å². The zero-order chi connectivity index (χ0) is 14.4. The molecule has 0 atom stereocenters. The molecule has 0 amide bonds. The van der Waals surface area contributed by atoms with Gasteiger partial charge in [-0.1, -0.05) is 41.9 Å². The highest BCUT2D eigenvalue weighted by Crippen LogP contribution is 2.12. The molecule has 2 aromatic carbocycles. The van der Waals surface area contributed by atoms with Gasteiger partial charge in [0.05, 0.1) is 0 Å².